The monoisotopic (exact) mass is 511 g/mol. The Hall–Kier alpha value is -3.40. The Morgan fingerprint density at radius 3 is 2.36 bits per heavy atom. The van der Waals surface area contributed by atoms with Crippen LogP contribution < -0.4 is 15.4 Å². The van der Waals surface area contributed by atoms with Gasteiger partial charge in [0, 0.05) is 19.1 Å². The molecule has 0 aromatic heterocycles. The molecule has 3 aromatic rings. The van der Waals surface area contributed by atoms with E-state index in [1.54, 1.807) is 6.07 Å². The van der Waals surface area contributed by atoms with E-state index in [2.05, 4.69) is 15.4 Å². The summed E-state index contributed by atoms with van der Waals surface area (Å²) in [6.45, 7) is 2.74. The van der Waals surface area contributed by atoms with E-state index in [9.17, 15) is 23.4 Å². The third kappa shape index (κ3) is 8.99. The molecular weight excluding hydrogens is 478 g/mol. The standard InChI is InChI=1S/C27H33N3O5S/c1-19(28-18-26(32)23-11-12-25(31)24(16-23)30-36(2,34)35)13-21-9-6-10-22(14-21)15-27(33)29-17-20-7-4-3-5-8-20/h3-12,14,16,19,26,28,30-32H,13,15,17-18H2,1-2H3,(H,29,33)/t19-,26-/m1/s1. The van der Waals surface area contributed by atoms with Gasteiger partial charge in [0.15, 0.2) is 0 Å². The maximum absolute atomic E-state index is 12.3. The molecule has 0 saturated heterocycles. The van der Waals surface area contributed by atoms with Gasteiger partial charge in [0.2, 0.25) is 15.9 Å². The largest absolute Gasteiger partial charge is 0.506 e. The highest BCUT2D eigenvalue weighted by molar-refractivity contribution is 7.92. The molecule has 0 bridgehead atoms. The zero-order chi connectivity index (χ0) is 26.1. The number of sulfonamides is 1. The van der Waals surface area contributed by atoms with Crippen LogP contribution in [0.3, 0.4) is 0 Å². The van der Waals surface area contributed by atoms with Crippen molar-refractivity contribution >= 4 is 21.6 Å². The van der Waals surface area contributed by atoms with E-state index < -0.39 is 16.1 Å². The Morgan fingerprint density at radius 2 is 1.64 bits per heavy atom. The number of aromatic hydroxyl groups is 1. The van der Waals surface area contributed by atoms with Crippen molar-refractivity contribution in [3.05, 3.63) is 95.1 Å². The van der Waals surface area contributed by atoms with Crippen LogP contribution in [0.15, 0.2) is 72.8 Å². The number of carbonyl (C=O) groups is 1. The number of phenolic OH excluding ortho intramolecular Hbond substituents is 1. The van der Waals surface area contributed by atoms with E-state index in [-0.39, 0.29) is 29.9 Å². The summed E-state index contributed by atoms with van der Waals surface area (Å²) in [6.07, 6.45) is 1.09. The number of anilines is 1. The molecule has 0 fully saturated rings. The molecule has 3 rings (SSSR count). The van der Waals surface area contributed by atoms with Gasteiger partial charge in [-0.25, -0.2) is 8.42 Å². The van der Waals surface area contributed by atoms with Crippen LogP contribution in [-0.4, -0.2) is 43.4 Å². The average Bonchev–Trinajstić information content (AvgIpc) is 2.82. The SMILES string of the molecule is C[C@H](Cc1cccc(CC(=O)NCc2ccccc2)c1)NC[C@@H](O)c1ccc(O)c(NS(C)(=O)=O)c1. The van der Waals surface area contributed by atoms with Crippen LogP contribution in [0.5, 0.6) is 5.75 Å². The molecule has 3 aromatic carbocycles. The summed E-state index contributed by atoms with van der Waals surface area (Å²) in [5.74, 6) is -0.254. The van der Waals surface area contributed by atoms with Gasteiger partial charge in [0.1, 0.15) is 5.75 Å². The van der Waals surface area contributed by atoms with Crippen LogP contribution in [0.25, 0.3) is 0 Å². The molecule has 36 heavy (non-hydrogen) atoms. The van der Waals surface area contributed by atoms with E-state index in [0.29, 0.717) is 24.9 Å². The van der Waals surface area contributed by atoms with Crippen molar-refractivity contribution < 1.29 is 23.4 Å². The van der Waals surface area contributed by atoms with Gasteiger partial charge >= 0.3 is 0 Å². The summed E-state index contributed by atoms with van der Waals surface area (Å²) in [6, 6.07) is 22.0. The maximum atomic E-state index is 12.3. The third-order valence-corrected chi connectivity index (χ3v) is 6.18. The Balaban J connectivity index is 1.50. The second kappa shape index (κ2) is 12.5. The molecule has 0 saturated carbocycles. The van der Waals surface area contributed by atoms with E-state index in [1.807, 2.05) is 61.5 Å². The quantitative estimate of drug-likeness (QED) is 0.238. The van der Waals surface area contributed by atoms with Gasteiger partial charge in [-0.1, -0.05) is 60.7 Å². The van der Waals surface area contributed by atoms with E-state index in [4.69, 9.17) is 0 Å². The summed E-state index contributed by atoms with van der Waals surface area (Å²) in [5, 5.41) is 26.7. The fourth-order valence-corrected chi connectivity index (χ4v) is 4.37. The maximum Gasteiger partial charge on any atom is 0.229 e. The first-order chi connectivity index (χ1) is 17.1. The Morgan fingerprint density at radius 1 is 0.944 bits per heavy atom. The molecule has 0 aliphatic rings. The molecule has 1 amide bonds. The molecule has 192 valence electrons. The molecule has 0 aliphatic carbocycles. The number of aliphatic hydroxyl groups is 1. The number of hydrogen-bond acceptors (Lipinski definition) is 6. The first-order valence-electron chi connectivity index (χ1n) is 11.7. The second-order valence-corrected chi connectivity index (χ2v) is 10.7. The number of carbonyl (C=O) groups excluding carboxylic acids is 1. The highest BCUT2D eigenvalue weighted by atomic mass is 32.2. The van der Waals surface area contributed by atoms with E-state index in [1.165, 1.54) is 12.1 Å². The summed E-state index contributed by atoms with van der Waals surface area (Å²) in [5.41, 5.74) is 3.55. The smallest absolute Gasteiger partial charge is 0.229 e. The molecular formula is C27H33N3O5S. The lowest BCUT2D eigenvalue weighted by atomic mass is 10.0. The van der Waals surface area contributed by atoms with Gasteiger partial charge in [0.25, 0.3) is 0 Å². The van der Waals surface area contributed by atoms with Crippen LogP contribution in [0.2, 0.25) is 0 Å². The number of hydrogen-bond donors (Lipinski definition) is 5. The normalized spacial score (nSPS) is 13.1. The van der Waals surface area contributed by atoms with Crippen molar-refractivity contribution in [2.75, 3.05) is 17.5 Å². The Kier molecular flexibility index (Phi) is 9.46. The molecule has 0 aliphatic heterocycles. The summed E-state index contributed by atoms with van der Waals surface area (Å²) in [7, 11) is -3.56. The number of nitrogens with one attached hydrogen (secondary N) is 3. The number of rotatable bonds is 12. The van der Waals surface area contributed by atoms with Gasteiger partial charge in [0.05, 0.1) is 24.5 Å². The molecule has 0 spiro atoms. The minimum absolute atomic E-state index is 0.0201. The molecule has 0 radical (unpaired) electrons. The van der Waals surface area contributed by atoms with Crippen molar-refractivity contribution in [2.24, 2.45) is 0 Å². The van der Waals surface area contributed by atoms with Crippen molar-refractivity contribution in [1.82, 2.24) is 10.6 Å². The Bertz CT molecular complexity index is 1270. The molecule has 9 heteroatoms. The molecule has 0 unspecified atom stereocenters. The van der Waals surface area contributed by atoms with Crippen LogP contribution in [0, 0.1) is 0 Å². The second-order valence-electron chi connectivity index (χ2n) is 8.94. The van der Waals surface area contributed by atoms with Crippen LogP contribution in [0.4, 0.5) is 5.69 Å². The van der Waals surface area contributed by atoms with Crippen LogP contribution in [-0.2, 0) is 34.2 Å². The van der Waals surface area contributed by atoms with Crippen molar-refractivity contribution in [1.29, 1.82) is 0 Å². The fourth-order valence-electron chi connectivity index (χ4n) is 3.81. The lowest BCUT2D eigenvalue weighted by Crippen LogP contribution is -2.32. The summed E-state index contributed by atoms with van der Waals surface area (Å²) in [4.78, 5) is 12.3. The first-order valence-corrected chi connectivity index (χ1v) is 13.6. The summed E-state index contributed by atoms with van der Waals surface area (Å²) >= 11 is 0. The molecule has 0 heterocycles. The van der Waals surface area contributed by atoms with E-state index >= 15 is 0 Å². The minimum Gasteiger partial charge on any atom is -0.506 e. The molecule has 2 atom stereocenters. The lowest BCUT2D eigenvalue weighted by Gasteiger charge is -2.19. The van der Waals surface area contributed by atoms with Gasteiger partial charge in [-0.3, -0.25) is 9.52 Å². The summed E-state index contributed by atoms with van der Waals surface area (Å²) < 4.78 is 25.2. The zero-order valence-corrected chi connectivity index (χ0v) is 21.3. The number of phenols is 1. The predicted molar refractivity (Wildman–Crippen MR) is 141 cm³/mol. The van der Waals surface area contributed by atoms with Crippen molar-refractivity contribution in [3.63, 3.8) is 0 Å². The Labute approximate surface area is 212 Å². The number of aliphatic hydroxyl groups excluding tert-OH is 1. The van der Waals surface area contributed by atoms with Crippen LogP contribution >= 0.6 is 0 Å². The molecule has 8 nitrogen and oxygen atoms in total. The molecule has 5 N–H and O–H groups in total. The van der Waals surface area contributed by atoms with E-state index in [0.717, 1.165) is 22.9 Å². The third-order valence-electron chi connectivity index (χ3n) is 5.59. The van der Waals surface area contributed by atoms with Gasteiger partial charge in [-0.15, -0.1) is 0 Å². The van der Waals surface area contributed by atoms with Gasteiger partial charge < -0.3 is 20.8 Å². The van der Waals surface area contributed by atoms with Crippen molar-refractivity contribution in [2.45, 2.75) is 38.5 Å². The highest BCUT2D eigenvalue weighted by Crippen LogP contribution is 2.27. The topological polar surface area (TPSA) is 128 Å². The van der Waals surface area contributed by atoms with Gasteiger partial charge in [-0.2, -0.15) is 0 Å². The minimum atomic E-state index is -3.56. The zero-order valence-electron chi connectivity index (χ0n) is 20.4. The fraction of sp³-hybridized carbons (Fsp3) is 0.296. The number of benzene rings is 3. The highest BCUT2D eigenvalue weighted by Gasteiger charge is 2.14. The van der Waals surface area contributed by atoms with Crippen molar-refractivity contribution in [3.8, 4) is 5.75 Å². The van der Waals surface area contributed by atoms with Crippen LogP contribution in [0.1, 0.15) is 35.3 Å². The number of amides is 1. The average molecular weight is 512 g/mol. The lowest BCUT2D eigenvalue weighted by molar-refractivity contribution is -0.120. The van der Waals surface area contributed by atoms with Gasteiger partial charge in [-0.05, 0) is 47.7 Å². The predicted octanol–water partition coefficient (Wildman–Crippen LogP) is 2.88. The first kappa shape index (κ1) is 27.2.